The maximum absolute atomic E-state index is 12.7. The Morgan fingerprint density at radius 2 is 2.04 bits per heavy atom. The van der Waals surface area contributed by atoms with Crippen LogP contribution < -0.4 is 10.0 Å². The first-order valence-corrected chi connectivity index (χ1v) is 9.94. The van der Waals surface area contributed by atoms with Gasteiger partial charge in [0.1, 0.15) is 6.26 Å². The average Bonchev–Trinajstić information content (AvgIpc) is 3.28. The lowest BCUT2D eigenvalue weighted by Crippen LogP contribution is -2.40. The Bertz CT molecular complexity index is 1000. The van der Waals surface area contributed by atoms with Crippen molar-refractivity contribution in [2.75, 3.05) is 6.54 Å². The SMILES string of the molecule is CCc1ccccc1C(CNC(=O)C1=Nc2ccccc2SN1)c1ncco1. The molecule has 6 nitrogen and oxygen atoms in total. The van der Waals surface area contributed by atoms with Crippen LogP contribution in [0.5, 0.6) is 0 Å². The zero-order chi connectivity index (χ0) is 19.3. The van der Waals surface area contributed by atoms with Crippen molar-refractivity contribution in [2.24, 2.45) is 4.99 Å². The fourth-order valence-electron chi connectivity index (χ4n) is 3.19. The van der Waals surface area contributed by atoms with Crippen LogP contribution in [-0.2, 0) is 11.2 Å². The summed E-state index contributed by atoms with van der Waals surface area (Å²) in [5.41, 5.74) is 3.10. The van der Waals surface area contributed by atoms with Gasteiger partial charge < -0.3 is 14.5 Å². The number of aryl methyl sites for hydroxylation is 1. The summed E-state index contributed by atoms with van der Waals surface area (Å²) in [6.45, 7) is 2.47. The van der Waals surface area contributed by atoms with Gasteiger partial charge in [0.2, 0.25) is 11.7 Å². The van der Waals surface area contributed by atoms with E-state index in [1.165, 1.54) is 17.5 Å². The molecule has 1 atom stereocenters. The van der Waals surface area contributed by atoms with Crippen LogP contribution >= 0.6 is 11.9 Å². The van der Waals surface area contributed by atoms with Crippen LogP contribution in [0.3, 0.4) is 0 Å². The lowest BCUT2D eigenvalue weighted by atomic mass is 9.92. The molecule has 4 rings (SSSR count). The molecule has 1 aliphatic heterocycles. The van der Waals surface area contributed by atoms with Crippen LogP contribution in [0.1, 0.15) is 29.9 Å². The number of aliphatic imine (C=N–C) groups is 1. The van der Waals surface area contributed by atoms with E-state index >= 15 is 0 Å². The van der Waals surface area contributed by atoms with Gasteiger partial charge in [-0.3, -0.25) is 4.79 Å². The molecular weight excluding hydrogens is 372 g/mol. The molecule has 2 N–H and O–H groups in total. The van der Waals surface area contributed by atoms with Gasteiger partial charge in [0, 0.05) is 6.54 Å². The van der Waals surface area contributed by atoms with Gasteiger partial charge in [-0.15, -0.1) is 0 Å². The fourth-order valence-corrected chi connectivity index (χ4v) is 3.90. The Labute approximate surface area is 167 Å². The molecule has 7 heteroatoms. The van der Waals surface area contributed by atoms with Gasteiger partial charge in [0.15, 0.2) is 0 Å². The van der Waals surface area contributed by atoms with Crippen molar-refractivity contribution >= 4 is 29.4 Å². The highest BCUT2D eigenvalue weighted by atomic mass is 32.2. The number of benzene rings is 2. The number of hydrogen-bond donors (Lipinski definition) is 2. The van der Waals surface area contributed by atoms with Crippen molar-refractivity contribution in [2.45, 2.75) is 24.2 Å². The standard InChI is InChI=1S/C21H20N4O2S/c1-2-14-7-3-4-8-15(14)16(21-22-11-12-27-21)13-23-20(26)19-24-17-9-5-6-10-18(17)28-25-19/h3-12,16H,2,13H2,1H3,(H,23,26)(H,24,25). The molecule has 0 spiro atoms. The van der Waals surface area contributed by atoms with Gasteiger partial charge in [0.25, 0.3) is 5.91 Å². The molecule has 2 heterocycles. The van der Waals surface area contributed by atoms with E-state index in [9.17, 15) is 4.79 Å². The second-order valence-electron chi connectivity index (χ2n) is 6.32. The zero-order valence-electron chi connectivity index (χ0n) is 15.4. The summed E-state index contributed by atoms with van der Waals surface area (Å²) in [5, 5.41) is 2.98. The number of rotatable bonds is 6. The van der Waals surface area contributed by atoms with E-state index in [1.54, 1.807) is 12.5 Å². The Morgan fingerprint density at radius 1 is 1.21 bits per heavy atom. The molecule has 1 aliphatic rings. The molecule has 1 amide bonds. The Morgan fingerprint density at radius 3 is 2.86 bits per heavy atom. The van der Waals surface area contributed by atoms with Crippen molar-refractivity contribution in [3.63, 3.8) is 0 Å². The van der Waals surface area contributed by atoms with Gasteiger partial charge in [0.05, 0.1) is 22.7 Å². The van der Waals surface area contributed by atoms with Crippen LogP contribution in [-0.4, -0.2) is 23.3 Å². The molecule has 0 fully saturated rings. The quantitative estimate of drug-likeness (QED) is 0.624. The van der Waals surface area contributed by atoms with Gasteiger partial charge in [-0.2, -0.15) is 0 Å². The predicted molar refractivity (Wildman–Crippen MR) is 110 cm³/mol. The van der Waals surface area contributed by atoms with E-state index < -0.39 is 0 Å². The number of oxazole rings is 1. The maximum atomic E-state index is 12.7. The van der Waals surface area contributed by atoms with Crippen LogP contribution in [0.4, 0.5) is 5.69 Å². The third-order valence-corrected chi connectivity index (χ3v) is 5.46. The van der Waals surface area contributed by atoms with E-state index in [2.05, 4.69) is 39.1 Å². The van der Waals surface area contributed by atoms with E-state index in [0.29, 0.717) is 18.3 Å². The topological polar surface area (TPSA) is 79.5 Å². The monoisotopic (exact) mass is 392 g/mol. The van der Waals surface area contributed by atoms with Crippen molar-refractivity contribution in [3.8, 4) is 0 Å². The van der Waals surface area contributed by atoms with Crippen molar-refractivity contribution in [3.05, 3.63) is 78.0 Å². The second-order valence-corrected chi connectivity index (χ2v) is 7.17. The minimum absolute atomic E-state index is 0.167. The van der Waals surface area contributed by atoms with Crippen molar-refractivity contribution in [1.82, 2.24) is 15.0 Å². The lowest BCUT2D eigenvalue weighted by molar-refractivity contribution is -0.115. The number of amidine groups is 1. The van der Waals surface area contributed by atoms with Gasteiger partial charge in [-0.05, 0) is 41.6 Å². The maximum Gasteiger partial charge on any atom is 0.287 e. The molecule has 1 unspecified atom stereocenters. The summed E-state index contributed by atoms with van der Waals surface area (Å²) in [6.07, 6.45) is 4.07. The summed E-state index contributed by atoms with van der Waals surface area (Å²) >= 11 is 1.39. The van der Waals surface area contributed by atoms with Crippen LogP contribution in [0, 0.1) is 0 Å². The molecule has 3 aromatic rings. The Balaban J connectivity index is 1.54. The first-order valence-electron chi connectivity index (χ1n) is 9.12. The minimum Gasteiger partial charge on any atom is -0.448 e. The molecule has 0 radical (unpaired) electrons. The van der Waals surface area contributed by atoms with E-state index in [0.717, 1.165) is 22.6 Å². The smallest absolute Gasteiger partial charge is 0.287 e. The second kappa shape index (κ2) is 8.31. The lowest BCUT2D eigenvalue weighted by Gasteiger charge is -2.20. The third kappa shape index (κ3) is 3.80. The molecule has 0 saturated heterocycles. The number of carbonyl (C=O) groups excluding carboxylic acids is 1. The van der Waals surface area contributed by atoms with Gasteiger partial charge >= 0.3 is 0 Å². The molecular formula is C21H20N4O2S. The molecule has 2 aromatic carbocycles. The highest BCUT2D eigenvalue weighted by Crippen LogP contribution is 2.31. The third-order valence-electron chi connectivity index (χ3n) is 4.60. The van der Waals surface area contributed by atoms with Gasteiger partial charge in [-0.1, -0.05) is 43.3 Å². The first kappa shape index (κ1) is 18.3. The molecule has 142 valence electrons. The summed E-state index contributed by atoms with van der Waals surface area (Å²) in [4.78, 5) is 22.4. The summed E-state index contributed by atoms with van der Waals surface area (Å²) in [7, 11) is 0. The largest absolute Gasteiger partial charge is 0.448 e. The highest BCUT2D eigenvalue weighted by Gasteiger charge is 2.24. The van der Waals surface area contributed by atoms with Crippen molar-refractivity contribution < 1.29 is 9.21 Å². The van der Waals surface area contributed by atoms with Gasteiger partial charge in [-0.25, -0.2) is 9.98 Å². The highest BCUT2D eigenvalue weighted by molar-refractivity contribution is 7.98. The van der Waals surface area contributed by atoms with E-state index in [-0.39, 0.29) is 11.8 Å². The summed E-state index contributed by atoms with van der Waals surface area (Å²) in [5.74, 6) is 0.449. The predicted octanol–water partition coefficient (Wildman–Crippen LogP) is 3.83. The number of fused-ring (bicyclic) bond motifs is 1. The molecule has 28 heavy (non-hydrogen) atoms. The van der Waals surface area contributed by atoms with Crippen LogP contribution in [0.25, 0.3) is 0 Å². The summed E-state index contributed by atoms with van der Waals surface area (Å²) < 4.78 is 8.57. The number of para-hydroxylation sites is 1. The Hall–Kier alpha value is -3.06. The van der Waals surface area contributed by atoms with E-state index in [1.807, 2.05) is 36.4 Å². The number of nitrogens with one attached hydrogen (secondary N) is 2. The first-order chi connectivity index (χ1) is 13.8. The zero-order valence-corrected chi connectivity index (χ0v) is 16.2. The number of carbonyl (C=O) groups is 1. The van der Waals surface area contributed by atoms with Crippen molar-refractivity contribution in [1.29, 1.82) is 0 Å². The normalized spacial score (nSPS) is 13.8. The van der Waals surface area contributed by atoms with Crippen LogP contribution in [0.15, 0.2) is 75.3 Å². The number of aromatic nitrogens is 1. The van der Waals surface area contributed by atoms with Crippen LogP contribution in [0.2, 0.25) is 0 Å². The number of hydrogen-bond acceptors (Lipinski definition) is 6. The van der Waals surface area contributed by atoms with E-state index in [4.69, 9.17) is 4.42 Å². The molecule has 0 aliphatic carbocycles. The minimum atomic E-state index is -0.257. The average molecular weight is 392 g/mol. The molecule has 1 aromatic heterocycles. The number of nitrogens with zero attached hydrogens (tertiary/aromatic N) is 2. The molecule has 0 bridgehead atoms. The fraction of sp³-hybridized carbons (Fsp3) is 0.190. The Kier molecular flexibility index (Phi) is 5.43. The summed E-state index contributed by atoms with van der Waals surface area (Å²) in [6, 6.07) is 15.9. The molecule has 0 saturated carbocycles. The number of amides is 1.